The second-order valence-corrected chi connectivity index (χ2v) is 4.30. The monoisotopic (exact) mass is 263 g/mol. The maximum atomic E-state index is 12.0. The molecule has 0 saturated heterocycles. The SMILES string of the molecule is CCCN1C(=O)Nc2cc(C(=O)OC)ccc2N1C. The summed E-state index contributed by atoms with van der Waals surface area (Å²) in [6.45, 7) is 2.65. The number of hydrogen-bond acceptors (Lipinski definition) is 4. The number of ether oxygens (including phenoxy) is 1. The van der Waals surface area contributed by atoms with Gasteiger partial charge in [-0.3, -0.25) is 5.01 Å². The summed E-state index contributed by atoms with van der Waals surface area (Å²) in [5, 5.41) is 6.20. The summed E-state index contributed by atoms with van der Waals surface area (Å²) in [5.41, 5.74) is 1.88. The summed E-state index contributed by atoms with van der Waals surface area (Å²) in [6, 6.07) is 4.91. The lowest BCUT2D eigenvalue weighted by Gasteiger charge is -2.38. The number of urea groups is 1. The Hall–Kier alpha value is -2.24. The molecule has 1 aromatic rings. The predicted molar refractivity (Wildman–Crippen MR) is 72.2 cm³/mol. The van der Waals surface area contributed by atoms with Crippen molar-refractivity contribution in [1.29, 1.82) is 0 Å². The van der Waals surface area contributed by atoms with E-state index in [9.17, 15) is 9.59 Å². The van der Waals surface area contributed by atoms with E-state index in [0.717, 1.165) is 12.1 Å². The van der Waals surface area contributed by atoms with E-state index in [1.165, 1.54) is 7.11 Å². The van der Waals surface area contributed by atoms with Crippen LogP contribution in [0, 0.1) is 0 Å². The quantitative estimate of drug-likeness (QED) is 0.848. The molecular weight excluding hydrogens is 246 g/mol. The van der Waals surface area contributed by atoms with Crippen molar-refractivity contribution in [3.05, 3.63) is 23.8 Å². The zero-order valence-corrected chi connectivity index (χ0v) is 11.3. The molecular formula is C13H17N3O3. The number of benzene rings is 1. The molecule has 0 saturated carbocycles. The van der Waals surface area contributed by atoms with Crippen molar-refractivity contribution in [2.24, 2.45) is 0 Å². The summed E-state index contributed by atoms with van der Waals surface area (Å²) in [5.74, 6) is -0.421. The van der Waals surface area contributed by atoms with Crippen LogP contribution in [0.3, 0.4) is 0 Å². The Kier molecular flexibility index (Phi) is 3.59. The molecule has 1 aliphatic heterocycles. The summed E-state index contributed by atoms with van der Waals surface area (Å²) >= 11 is 0. The Balaban J connectivity index is 2.36. The molecule has 6 heteroatoms. The Labute approximate surface area is 111 Å². The van der Waals surface area contributed by atoms with Crippen LogP contribution in [0.15, 0.2) is 18.2 Å². The molecule has 0 radical (unpaired) electrons. The normalized spacial score (nSPS) is 13.9. The molecule has 0 aromatic heterocycles. The van der Waals surface area contributed by atoms with Gasteiger partial charge in [-0.25, -0.2) is 14.6 Å². The first-order chi connectivity index (χ1) is 9.08. The van der Waals surface area contributed by atoms with E-state index in [1.54, 1.807) is 28.2 Å². The van der Waals surface area contributed by atoms with E-state index in [-0.39, 0.29) is 6.03 Å². The van der Waals surface area contributed by atoms with Crippen LogP contribution < -0.4 is 10.3 Å². The number of nitrogens with one attached hydrogen (secondary N) is 1. The van der Waals surface area contributed by atoms with Gasteiger partial charge < -0.3 is 10.1 Å². The summed E-state index contributed by atoms with van der Waals surface area (Å²) < 4.78 is 4.66. The van der Waals surface area contributed by atoms with Crippen LogP contribution in [0.2, 0.25) is 0 Å². The van der Waals surface area contributed by atoms with Gasteiger partial charge in [0.05, 0.1) is 24.0 Å². The Bertz CT molecular complexity index is 516. The molecule has 0 bridgehead atoms. The minimum Gasteiger partial charge on any atom is -0.465 e. The van der Waals surface area contributed by atoms with Crippen molar-refractivity contribution in [2.75, 3.05) is 31.0 Å². The van der Waals surface area contributed by atoms with Gasteiger partial charge in [-0.1, -0.05) is 6.92 Å². The lowest BCUT2D eigenvalue weighted by atomic mass is 10.1. The van der Waals surface area contributed by atoms with Crippen LogP contribution in [0.25, 0.3) is 0 Å². The number of fused-ring (bicyclic) bond motifs is 1. The highest BCUT2D eigenvalue weighted by Gasteiger charge is 2.27. The smallest absolute Gasteiger partial charge is 0.340 e. The molecule has 0 atom stereocenters. The van der Waals surface area contributed by atoms with Crippen LogP contribution in [0.5, 0.6) is 0 Å². The van der Waals surface area contributed by atoms with E-state index in [0.29, 0.717) is 17.8 Å². The first-order valence-corrected chi connectivity index (χ1v) is 6.13. The molecule has 0 fully saturated rings. The number of methoxy groups -OCH3 is 1. The Morgan fingerprint density at radius 3 is 2.79 bits per heavy atom. The minimum atomic E-state index is -0.421. The number of esters is 1. The lowest BCUT2D eigenvalue weighted by Crippen LogP contribution is -2.50. The van der Waals surface area contributed by atoms with E-state index in [4.69, 9.17) is 0 Å². The lowest BCUT2D eigenvalue weighted by molar-refractivity contribution is 0.0600. The minimum absolute atomic E-state index is 0.195. The number of hydrazine groups is 1. The third kappa shape index (κ3) is 2.33. The molecule has 6 nitrogen and oxygen atoms in total. The third-order valence-corrected chi connectivity index (χ3v) is 3.04. The van der Waals surface area contributed by atoms with Crippen LogP contribution in [0.1, 0.15) is 23.7 Å². The number of rotatable bonds is 3. The van der Waals surface area contributed by atoms with Crippen LogP contribution in [0.4, 0.5) is 16.2 Å². The van der Waals surface area contributed by atoms with E-state index in [1.807, 2.05) is 14.0 Å². The summed E-state index contributed by atoms with van der Waals surface area (Å²) in [4.78, 5) is 23.4. The van der Waals surface area contributed by atoms with Crippen molar-refractivity contribution in [1.82, 2.24) is 5.01 Å². The van der Waals surface area contributed by atoms with Crippen LogP contribution >= 0.6 is 0 Å². The van der Waals surface area contributed by atoms with Gasteiger partial charge in [-0.15, -0.1) is 0 Å². The van der Waals surface area contributed by atoms with Crippen LogP contribution in [-0.2, 0) is 4.74 Å². The molecule has 1 aromatic carbocycles. The fraction of sp³-hybridized carbons (Fsp3) is 0.385. The van der Waals surface area contributed by atoms with Crippen molar-refractivity contribution < 1.29 is 14.3 Å². The highest BCUT2D eigenvalue weighted by molar-refractivity contribution is 6.00. The van der Waals surface area contributed by atoms with E-state index in [2.05, 4.69) is 10.1 Å². The topological polar surface area (TPSA) is 61.9 Å². The van der Waals surface area contributed by atoms with Gasteiger partial charge >= 0.3 is 12.0 Å². The fourth-order valence-corrected chi connectivity index (χ4v) is 2.07. The first-order valence-electron chi connectivity index (χ1n) is 6.13. The van der Waals surface area contributed by atoms with Crippen molar-refractivity contribution in [3.63, 3.8) is 0 Å². The Morgan fingerprint density at radius 1 is 1.42 bits per heavy atom. The molecule has 2 amide bonds. The number of carbonyl (C=O) groups is 2. The fourth-order valence-electron chi connectivity index (χ4n) is 2.07. The Morgan fingerprint density at radius 2 is 2.16 bits per heavy atom. The van der Waals surface area contributed by atoms with Gasteiger partial charge in [0.1, 0.15) is 0 Å². The molecule has 0 spiro atoms. The maximum Gasteiger partial charge on any atom is 0.340 e. The molecule has 0 unspecified atom stereocenters. The zero-order valence-electron chi connectivity index (χ0n) is 11.3. The largest absolute Gasteiger partial charge is 0.465 e. The van der Waals surface area contributed by atoms with Gasteiger partial charge in [0.25, 0.3) is 0 Å². The highest BCUT2D eigenvalue weighted by Crippen LogP contribution is 2.31. The molecule has 19 heavy (non-hydrogen) atoms. The molecule has 1 aliphatic rings. The molecule has 1 heterocycles. The number of carbonyl (C=O) groups excluding carboxylic acids is 2. The maximum absolute atomic E-state index is 12.0. The van der Waals surface area contributed by atoms with Crippen molar-refractivity contribution >= 4 is 23.4 Å². The van der Waals surface area contributed by atoms with Gasteiger partial charge in [-0.05, 0) is 24.6 Å². The predicted octanol–water partition coefficient (Wildman–Crippen LogP) is 2.08. The van der Waals surface area contributed by atoms with Gasteiger partial charge in [0.15, 0.2) is 0 Å². The first kappa shape index (κ1) is 13.2. The van der Waals surface area contributed by atoms with E-state index < -0.39 is 5.97 Å². The standard InChI is InChI=1S/C13H17N3O3/c1-4-7-16-13(18)14-10-8-9(12(17)19-3)5-6-11(10)15(16)2/h5-6,8H,4,7H2,1-3H3,(H,14,18). The van der Waals surface area contributed by atoms with Gasteiger partial charge in [0.2, 0.25) is 0 Å². The number of anilines is 2. The average molecular weight is 263 g/mol. The molecule has 102 valence electrons. The average Bonchev–Trinajstić information content (AvgIpc) is 2.42. The second-order valence-electron chi connectivity index (χ2n) is 4.30. The summed E-state index contributed by atoms with van der Waals surface area (Å²) in [6.07, 6.45) is 0.868. The number of hydrogen-bond donors (Lipinski definition) is 1. The highest BCUT2D eigenvalue weighted by atomic mass is 16.5. The summed E-state index contributed by atoms with van der Waals surface area (Å²) in [7, 11) is 3.15. The van der Waals surface area contributed by atoms with Crippen LogP contribution in [-0.4, -0.2) is 37.7 Å². The van der Waals surface area contributed by atoms with Crippen molar-refractivity contribution in [2.45, 2.75) is 13.3 Å². The zero-order chi connectivity index (χ0) is 14.0. The second kappa shape index (κ2) is 5.17. The van der Waals surface area contributed by atoms with E-state index >= 15 is 0 Å². The molecule has 2 rings (SSSR count). The van der Waals surface area contributed by atoms with Gasteiger partial charge in [-0.2, -0.15) is 0 Å². The van der Waals surface area contributed by atoms with Crippen molar-refractivity contribution in [3.8, 4) is 0 Å². The number of nitrogens with zero attached hydrogens (tertiary/aromatic N) is 2. The third-order valence-electron chi connectivity index (χ3n) is 3.04. The van der Waals surface area contributed by atoms with Gasteiger partial charge in [0, 0.05) is 13.6 Å². The number of amides is 2. The molecule has 1 N–H and O–H groups in total. The molecule has 0 aliphatic carbocycles.